The van der Waals surface area contributed by atoms with Crippen molar-refractivity contribution < 1.29 is 9.90 Å². The molecule has 1 heterocycles. The van der Waals surface area contributed by atoms with Crippen LogP contribution in [0.25, 0.3) is 0 Å². The van der Waals surface area contributed by atoms with Crippen LogP contribution in [0.4, 0.5) is 5.82 Å². The molecule has 1 aromatic rings. The number of nitrogens with one attached hydrogen (secondary N) is 1. The largest absolute Gasteiger partial charge is 0.481 e. The van der Waals surface area contributed by atoms with Crippen LogP contribution in [0.15, 0.2) is 17.2 Å². The van der Waals surface area contributed by atoms with E-state index in [0.717, 1.165) is 12.8 Å². The van der Waals surface area contributed by atoms with Crippen LogP contribution in [0.5, 0.6) is 0 Å². The molecule has 0 aliphatic rings. The summed E-state index contributed by atoms with van der Waals surface area (Å²) in [6, 6.07) is 0.168. The lowest BCUT2D eigenvalue weighted by Crippen LogP contribution is -2.28. The first-order valence-corrected chi connectivity index (χ1v) is 7.39. The number of carboxylic acids is 1. The molecule has 0 aliphatic carbocycles. The van der Waals surface area contributed by atoms with Crippen molar-refractivity contribution in [3.05, 3.63) is 22.7 Å². The van der Waals surface area contributed by atoms with Gasteiger partial charge in [-0.05, 0) is 33.6 Å². The molecule has 6 nitrogen and oxygen atoms in total. The molecule has 1 rings (SSSR count). The van der Waals surface area contributed by atoms with Crippen molar-refractivity contribution in [2.24, 2.45) is 5.92 Å². The molecule has 0 amide bonds. The minimum Gasteiger partial charge on any atom is -0.481 e. The average molecular weight is 295 g/mol. The summed E-state index contributed by atoms with van der Waals surface area (Å²) in [6.45, 7) is 7.57. The molecule has 0 radical (unpaired) electrons. The Kier molecular flexibility index (Phi) is 6.39. The van der Waals surface area contributed by atoms with Crippen molar-refractivity contribution in [3.63, 3.8) is 0 Å². The first-order valence-electron chi connectivity index (χ1n) is 7.39. The fraction of sp³-hybridized carbons (Fsp3) is 0.667. The lowest BCUT2D eigenvalue weighted by molar-refractivity contribution is -0.141. The van der Waals surface area contributed by atoms with E-state index in [1.54, 1.807) is 23.9 Å². The number of hydrogen-bond donors (Lipinski definition) is 2. The molecule has 0 aromatic carbocycles. The van der Waals surface area contributed by atoms with Crippen molar-refractivity contribution >= 4 is 11.8 Å². The lowest BCUT2D eigenvalue weighted by Gasteiger charge is -2.16. The molecule has 21 heavy (non-hydrogen) atoms. The third-order valence-corrected chi connectivity index (χ3v) is 3.50. The van der Waals surface area contributed by atoms with E-state index in [1.807, 2.05) is 20.8 Å². The van der Waals surface area contributed by atoms with Gasteiger partial charge >= 0.3 is 5.97 Å². The minimum atomic E-state index is -0.764. The van der Waals surface area contributed by atoms with Crippen molar-refractivity contribution in [2.75, 3.05) is 5.32 Å². The van der Waals surface area contributed by atoms with E-state index in [2.05, 4.69) is 10.3 Å². The van der Waals surface area contributed by atoms with Crippen molar-refractivity contribution in [1.29, 1.82) is 0 Å². The van der Waals surface area contributed by atoms with E-state index < -0.39 is 5.97 Å². The summed E-state index contributed by atoms with van der Waals surface area (Å²) in [5.41, 5.74) is -0.127. The Hall–Kier alpha value is -1.85. The van der Waals surface area contributed by atoms with Gasteiger partial charge in [-0.15, -0.1) is 0 Å². The van der Waals surface area contributed by atoms with Gasteiger partial charge in [-0.1, -0.05) is 13.3 Å². The maximum absolute atomic E-state index is 12.2. The first-order chi connectivity index (χ1) is 9.82. The molecule has 118 valence electrons. The predicted molar refractivity (Wildman–Crippen MR) is 82.6 cm³/mol. The highest BCUT2D eigenvalue weighted by Crippen LogP contribution is 2.11. The maximum Gasteiger partial charge on any atom is 0.306 e. The molecule has 0 bridgehead atoms. The van der Waals surface area contributed by atoms with Gasteiger partial charge in [-0.3, -0.25) is 9.59 Å². The van der Waals surface area contributed by atoms with E-state index in [1.165, 1.54) is 0 Å². The Morgan fingerprint density at radius 3 is 2.57 bits per heavy atom. The molecular weight excluding hydrogens is 270 g/mol. The lowest BCUT2D eigenvalue weighted by atomic mass is 10.0. The summed E-state index contributed by atoms with van der Waals surface area (Å²) in [5, 5.41) is 11.9. The van der Waals surface area contributed by atoms with Crippen LogP contribution in [0.2, 0.25) is 0 Å². The smallest absolute Gasteiger partial charge is 0.306 e. The second-order valence-electron chi connectivity index (χ2n) is 5.80. The number of rotatable bonds is 8. The zero-order chi connectivity index (χ0) is 16.0. The Labute approximate surface area is 125 Å². The molecule has 0 saturated heterocycles. The molecule has 0 saturated carbocycles. The summed E-state index contributed by atoms with van der Waals surface area (Å²) in [7, 11) is 0. The minimum absolute atomic E-state index is 0.0780. The number of anilines is 1. The van der Waals surface area contributed by atoms with Gasteiger partial charge < -0.3 is 15.0 Å². The summed E-state index contributed by atoms with van der Waals surface area (Å²) in [5.74, 6) is -0.740. The molecular formula is C15H25N3O3. The van der Waals surface area contributed by atoms with Crippen LogP contribution in [0, 0.1) is 5.92 Å². The van der Waals surface area contributed by atoms with Crippen molar-refractivity contribution in [2.45, 2.75) is 59.0 Å². The number of hydrogen-bond acceptors (Lipinski definition) is 4. The summed E-state index contributed by atoms with van der Waals surface area (Å²) < 4.78 is 1.63. The summed E-state index contributed by atoms with van der Waals surface area (Å²) in [4.78, 5) is 27.0. The molecule has 0 aliphatic heterocycles. The van der Waals surface area contributed by atoms with Gasteiger partial charge in [-0.2, -0.15) is 0 Å². The highest BCUT2D eigenvalue weighted by atomic mass is 16.4. The van der Waals surface area contributed by atoms with Gasteiger partial charge in [0.15, 0.2) is 5.82 Å². The fourth-order valence-corrected chi connectivity index (χ4v) is 2.09. The highest BCUT2D eigenvalue weighted by Gasteiger charge is 2.13. The standard InChI is InChI=1S/C15H25N3O3/c1-10(2)18-9-8-16-13(14(18)19)17-12(4)7-5-6-11(3)15(20)21/h8-12H,5-7H2,1-4H3,(H,16,17)(H,20,21). The number of aromatic nitrogens is 2. The van der Waals surface area contributed by atoms with E-state index in [9.17, 15) is 9.59 Å². The normalized spacial score (nSPS) is 14.0. The van der Waals surface area contributed by atoms with Crippen LogP contribution in [0.1, 0.15) is 53.0 Å². The Morgan fingerprint density at radius 1 is 1.33 bits per heavy atom. The number of aliphatic carboxylic acids is 1. The third kappa shape index (κ3) is 5.21. The van der Waals surface area contributed by atoms with Crippen LogP contribution in [0.3, 0.4) is 0 Å². The maximum atomic E-state index is 12.2. The van der Waals surface area contributed by atoms with Gasteiger partial charge in [0.25, 0.3) is 5.56 Å². The van der Waals surface area contributed by atoms with Crippen molar-refractivity contribution in [1.82, 2.24) is 9.55 Å². The summed E-state index contributed by atoms with van der Waals surface area (Å²) in [6.07, 6.45) is 5.53. The number of nitrogens with zero attached hydrogens (tertiary/aromatic N) is 2. The highest BCUT2D eigenvalue weighted by molar-refractivity contribution is 5.69. The van der Waals surface area contributed by atoms with E-state index in [4.69, 9.17) is 5.11 Å². The Balaban J connectivity index is 2.56. The Bertz CT molecular complexity index is 525. The SMILES string of the molecule is CC(CCCC(C)C(=O)O)Nc1nccn(C(C)C)c1=O. The van der Waals surface area contributed by atoms with Crippen LogP contribution in [-0.2, 0) is 4.79 Å². The Morgan fingerprint density at radius 2 is 2.00 bits per heavy atom. The van der Waals surface area contributed by atoms with Gasteiger partial charge in [0.05, 0.1) is 5.92 Å². The van der Waals surface area contributed by atoms with Crippen LogP contribution >= 0.6 is 0 Å². The first kappa shape index (κ1) is 17.2. The quantitative estimate of drug-likeness (QED) is 0.770. The molecule has 0 fully saturated rings. The van der Waals surface area contributed by atoms with Crippen LogP contribution < -0.4 is 10.9 Å². The zero-order valence-electron chi connectivity index (χ0n) is 13.2. The van der Waals surface area contributed by atoms with Gasteiger partial charge in [0, 0.05) is 24.5 Å². The molecule has 6 heteroatoms. The molecule has 1 aromatic heterocycles. The molecule has 2 unspecified atom stereocenters. The van der Waals surface area contributed by atoms with Crippen LogP contribution in [-0.4, -0.2) is 26.7 Å². The summed E-state index contributed by atoms with van der Waals surface area (Å²) >= 11 is 0. The van der Waals surface area contributed by atoms with E-state index in [0.29, 0.717) is 12.2 Å². The molecule has 0 spiro atoms. The second-order valence-corrected chi connectivity index (χ2v) is 5.80. The van der Waals surface area contributed by atoms with Gasteiger partial charge in [-0.25, -0.2) is 4.98 Å². The zero-order valence-corrected chi connectivity index (χ0v) is 13.2. The number of carbonyl (C=O) groups is 1. The topological polar surface area (TPSA) is 84.2 Å². The van der Waals surface area contributed by atoms with E-state index >= 15 is 0 Å². The van der Waals surface area contributed by atoms with Crippen molar-refractivity contribution in [3.8, 4) is 0 Å². The average Bonchev–Trinajstić information content (AvgIpc) is 2.40. The fourth-order valence-electron chi connectivity index (χ4n) is 2.09. The monoisotopic (exact) mass is 295 g/mol. The molecule has 2 atom stereocenters. The van der Waals surface area contributed by atoms with Gasteiger partial charge in [0.1, 0.15) is 0 Å². The van der Waals surface area contributed by atoms with E-state index in [-0.39, 0.29) is 23.6 Å². The van der Waals surface area contributed by atoms with Gasteiger partial charge in [0.2, 0.25) is 0 Å². The second kappa shape index (κ2) is 7.81. The predicted octanol–water partition coefficient (Wildman–Crippen LogP) is 2.52. The number of carboxylic acid groups (broad SMARTS) is 1. The third-order valence-electron chi connectivity index (χ3n) is 3.50. The molecule has 2 N–H and O–H groups in total.